The van der Waals surface area contributed by atoms with E-state index in [0.29, 0.717) is 17.3 Å². The van der Waals surface area contributed by atoms with Crippen LogP contribution in [-0.2, 0) is 10.2 Å². The van der Waals surface area contributed by atoms with Crippen molar-refractivity contribution in [3.05, 3.63) is 34.1 Å². The van der Waals surface area contributed by atoms with Crippen LogP contribution in [0.4, 0.5) is 4.39 Å². The molecule has 0 aromatic heterocycles. The minimum atomic E-state index is -1.55. The Hall–Kier alpha value is -0.940. The van der Waals surface area contributed by atoms with Crippen LogP contribution in [0.25, 0.3) is 0 Å². The maximum atomic E-state index is 13.7. The van der Waals surface area contributed by atoms with Crippen LogP contribution in [-0.4, -0.2) is 22.3 Å². The number of rotatable bonds is 3. The van der Waals surface area contributed by atoms with Gasteiger partial charge in [-0.05, 0) is 25.0 Å². The number of carbonyl (C=O) groups is 1. The van der Waals surface area contributed by atoms with Gasteiger partial charge < -0.3 is 10.2 Å². The zero-order valence-corrected chi connectivity index (χ0v) is 9.87. The van der Waals surface area contributed by atoms with Gasteiger partial charge in [0.05, 0.1) is 0 Å². The lowest BCUT2D eigenvalue weighted by molar-refractivity contribution is -0.148. The normalized spacial score (nSPS) is 19.2. The SMILES string of the molecule is O=C(O)C(O)C1(c2c(F)cccc2Br)CC1. The Morgan fingerprint density at radius 2 is 2.12 bits per heavy atom. The molecule has 3 nitrogen and oxygen atoms in total. The van der Waals surface area contributed by atoms with Gasteiger partial charge in [0.15, 0.2) is 6.10 Å². The molecule has 86 valence electrons. The summed E-state index contributed by atoms with van der Waals surface area (Å²) in [6, 6.07) is 4.45. The van der Waals surface area contributed by atoms with E-state index in [1.165, 1.54) is 12.1 Å². The Kier molecular flexibility index (Phi) is 2.75. The summed E-state index contributed by atoms with van der Waals surface area (Å²) in [6.07, 6.45) is -0.583. The summed E-state index contributed by atoms with van der Waals surface area (Å²) < 4.78 is 14.2. The molecule has 0 amide bonds. The molecule has 1 unspecified atom stereocenters. The minimum Gasteiger partial charge on any atom is -0.479 e. The van der Waals surface area contributed by atoms with Gasteiger partial charge in [-0.25, -0.2) is 9.18 Å². The van der Waals surface area contributed by atoms with Crippen LogP contribution in [0, 0.1) is 5.82 Å². The second kappa shape index (κ2) is 3.82. The van der Waals surface area contributed by atoms with Crippen LogP contribution in [0.3, 0.4) is 0 Å². The van der Waals surface area contributed by atoms with Crippen molar-refractivity contribution in [3.63, 3.8) is 0 Å². The molecule has 2 N–H and O–H groups in total. The first-order valence-corrected chi connectivity index (χ1v) is 5.64. The standard InChI is InChI=1S/C11H10BrFO3/c12-6-2-1-3-7(13)8(6)11(4-5-11)9(14)10(15)16/h1-3,9,14H,4-5H2,(H,15,16). The summed E-state index contributed by atoms with van der Waals surface area (Å²) in [6.45, 7) is 0. The molecule has 0 heterocycles. The van der Waals surface area contributed by atoms with Gasteiger partial charge in [-0.2, -0.15) is 0 Å². The summed E-state index contributed by atoms with van der Waals surface area (Å²) in [5.74, 6) is -1.79. The van der Waals surface area contributed by atoms with Gasteiger partial charge in [0, 0.05) is 15.5 Å². The van der Waals surface area contributed by atoms with Crippen LogP contribution in [0.5, 0.6) is 0 Å². The predicted molar refractivity (Wildman–Crippen MR) is 58.7 cm³/mol. The number of aliphatic hydroxyl groups is 1. The van der Waals surface area contributed by atoms with Crippen LogP contribution in [0.15, 0.2) is 22.7 Å². The van der Waals surface area contributed by atoms with Gasteiger partial charge in [-0.15, -0.1) is 0 Å². The number of aliphatic carboxylic acids is 1. The molecule has 0 spiro atoms. The summed E-state index contributed by atoms with van der Waals surface area (Å²) in [4.78, 5) is 10.8. The molecular formula is C11H10BrFO3. The molecule has 1 aliphatic rings. The van der Waals surface area contributed by atoms with E-state index in [0.717, 1.165) is 0 Å². The number of hydrogen-bond acceptors (Lipinski definition) is 2. The largest absolute Gasteiger partial charge is 0.479 e. The lowest BCUT2D eigenvalue weighted by Crippen LogP contribution is -2.34. The minimum absolute atomic E-state index is 0.268. The second-order valence-electron chi connectivity index (χ2n) is 3.99. The average Bonchev–Trinajstić information content (AvgIpc) is 2.97. The van der Waals surface area contributed by atoms with Crippen LogP contribution in [0.1, 0.15) is 18.4 Å². The van der Waals surface area contributed by atoms with Gasteiger partial charge in [0.1, 0.15) is 5.82 Å². The van der Waals surface area contributed by atoms with Gasteiger partial charge in [0.25, 0.3) is 0 Å². The number of carboxylic acid groups (broad SMARTS) is 1. The van der Waals surface area contributed by atoms with E-state index < -0.39 is 23.3 Å². The Bertz CT molecular complexity index is 423. The van der Waals surface area contributed by atoms with E-state index in [2.05, 4.69) is 15.9 Å². The highest BCUT2D eigenvalue weighted by atomic mass is 79.9. The van der Waals surface area contributed by atoms with Crippen LogP contribution < -0.4 is 0 Å². The molecule has 5 heteroatoms. The molecule has 16 heavy (non-hydrogen) atoms. The molecule has 1 saturated carbocycles. The first-order chi connectivity index (χ1) is 7.49. The van der Waals surface area contributed by atoms with Gasteiger partial charge in [-0.3, -0.25) is 0 Å². The van der Waals surface area contributed by atoms with Crippen molar-refractivity contribution in [2.24, 2.45) is 0 Å². The highest BCUT2D eigenvalue weighted by Crippen LogP contribution is 2.53. The topological polar surface area (TPSA) is 57.5 Å². The molecule has 0 radical (unpaired) electrons. The van der Waals surface area contributed by atoms with Crippen molar-refractivity contribution < 1.29 is 19.4 Å². The molecule has 1 aromatic carbocycles. The van der Waals surface area contributed by atoms with Crippen molar-refractivity contribution in [2.45, 2.75) is 24.4 Å². The quantitative estimate of drug-likeness (QED) is 0.895. The van der Waals surface area contributed by atoms with Gasteiger partial charge >= 0.3 is 5.97 Å². The molecule has 0 bridgehead atoms. The third kappa shape index (κ3) is 1.64. The number of hydrogen-bond donors (Lipinski definition) is 2. The van der Waals surface area contributed by atoms with Crippen molar-refractivity contribution >= 4 is 21.9 Å². The number of halogens is 2. The number of aliphatic hydroxyl groups excluding tert-OH is 1. The molecule has 1 fully saturated rings. The summed E-state index contributed by atoms with van der Waals surface area (Å²) in [5, 5.41) is 18.4. The lowest BCUT2D eigenvalue weighted by atomic mass is 9.89. The maximum Gasteiger partial charge on any atom is 0.333 e. The zero-order valence-electron chi connectivity index (χ0n) is 8.28. The third-order valence-electron chi connectivity index (χ3n) is 3.01. The van der Waals surface area contributed by atoms with Crippen molar-refractivity contribution in [1.82, 2.24) is 0 Å². The van der Waals surface area contributed by atoms with E-state index >= 15 is 0 Å². The number of carboxylic acids is 1. The molecule has 1 atom stereocenters. The fraction of sp³-hybridized carbons (Fsp3) is 0.364. The molecule has 1 aromatic rings. The maximum absolute atomic E-state index is 13.7. The molecule has 0 saturated heterocycles. The van der Waals surface area contributed by atoms with E-state index in [1.807, 2.05) is 0 Å². The van der Waals surface area contributed by atoms with Gasteiger partial charge in [-0.1, -0.05) is 22.0 Å². The van der Waals surface area contributed by atoms with Crippen molar-refractivity contribution in [2.75, 3.05) is 0 Å². The Morgan fingerprint density at radius 3 is 2.56 bits per heavy atom. The third-order valence-corrected chi connectivity index (χ3v) is 3.67. The van der Waals surface area contributed by atoms with Gasteiger partial charge in [0.2, 0.25) is 0 Å². The molecule has 1 aliphatic carbocycles. The van der Waals surface area contributed by atoms with Crippen LogP contribution >= 0.6 is 15.9 Å². The molecular weight excluding hydrogens is 279 g/mol. The van der Waals surface area contributed by atoms with Crippen molar-refractivity contribution in [3.8, 4) is 0 Å². The van der Waals surface area contributed by atoms with Crippen LogP contribution in [0.2, 0.25) is 0 Å². The predicted octanol–water partition coefficient (Wildman–Crippen LogP) is 2.07. The van der Waals surface area contributed by atoms with E-state index in [1.54, 1.807) is 6.07 Å². The number of benzene rings is 1. The van der Waals surface area contributed by atoms with E-state index in [-0.39, 0.29) is 5.56 Å². The first-order valence-electron chi connectivity index (χ1n) is 4.84. The van der Waals surface area contributed by atoms with Crippen molar-refractivity contribution in [1.29, 1.82) is 0 Å². The summed E-state index contributed by atoms with van der Waals surface area (Å²) in [7, 11) is 0. The Balaban J connectivity index is 2.48. The average molecular weight is 289 g/mol. The fourth-order valence-corrected chi connectivity index (χ4v) is 2.74. The smallest absolute Gasteiger partial charge is 0.333 e. The Morgan fingerprint density at radius 1 is 1.50 bits per heavy atom. The lowest BCUT2D eigenvalue weighted by Gasteiger charge is -2.21. The highest BCUT2D eigenvalue weighted by Gasteiger charge is 2.55. The molecule has 2 rings (SSSR count). The second-order valence-corrected chi connectivity index (χ2v) is 4.85. The first kappa shape index (κ1) is 11.5. The fourth-order valence-electron chi connectivity index (χ4n) is 2.00. The van der Waals surface area contributed by atoms with E-state index in [4.69, 9.17) is 5.11 Å². The summed E-state index contributed by atoms with van der Waals surface area (Å²) >= 11 is 3.20. The molecule has 0 aliphatic heterocycles. The van der Waals surface area contributed by atoms with E-state index in [9.17, 15) is 14.3 Å². The highest BCUT2D eigenvalue weighted by molar-refractivity contribution is 9.10. The zero-order chi connectivity index (χ0) is 11.9. The Labute approximate surface area is 100 Å². The summed E-state index contributed by atoms with van der Waals surface area (Å²) in [5.41, 5.74) is -0.694. The monoisotopic (exact) mass is 288 g/mol.